The quantitative estimate of drug-likeness (QED) is 0.299. The van der Waals surface area contributed by atoms with E-state index in [0.29, 0.717) is 23.6 Å². The summed E-state index contributed by atoms with van der Waals surface area (Å²) < 4.78 is 42.6. The van der Waals surface area contributed by atoms with E-state index in [4.69, 9.17) is 4.74 Å². The number of ether oxygens (including phenoxy) is 1. The van der Waals surface area contributed by atoms with Crippen molar-refractivity contribution in [1.82, 2.24) is 10.6 Å². The zero-order valence-electron chi connectivity index (χ0n) is 17.6. The molecule has 0 spiro atoms. The highest BCUT2D eigenvalue weighted by molar-refractivity contribution is 14.0. The predicted octanol–water partition coefficient (Wildman–Crippen LogP) is 3.64. The van der Waals surface area contributed by atoms with Gasteiger partial charge in [-0.05, 0) is 54.8 Å². The van der Waals surface area contributed by atoms with Crippen LogP contribution in [-0.2, 0) is 28.7 Å². The van der Waals surface area contributed by atoms with Crippen molar-refractivity contribution in [3.63, 3.8) is 0 Å². The second-order valence-electron chi connectivity index (χ2n) is 7.08. The molecule has 0 bridgehead atoms. The van der Waals surface area contributed by atoms with Gasteiger partial charge in [0.15, 0.2) is 15.8 Å². The third kappa shape index (κ3) is 9.29. The lowest BCUT2D eigenvalue weighted by Gasteiger charge is -2.15. The van der Waals surface area contributed by atoms with Crippen molar-refractivity contribution >= 4 is 39.8 Å². The number of sulfone groups is 1. The minimum Gasteiger partial charge on any atom is -0.491 e. The molecule has 0 aromatic heterocycles. The molecule has 2 N–H and O–H groups in total. The lowest BCUT2D eigenvalue weighted by Crippen LogP contribution is -2.36. The van der Waals surface area contributed by atoms with Gasteiger partial charge in [-0.2, -0.15) is 0 Å². The van der Waals surface area contributed by atoms with Crippen LogP contribution in [0.25, 0.3) is 0 Å². The molecular weight excluding hydrogens is 520 g/mol. The second-order valence-corrected chi connectivity index (χ2v) is 9.22. The number of aliphatic imine (C=N–C) groups is 1. The van der Waals surface area contributed by atoms with Crippen molar-refractivity contribution in [2.75, 3.05) is 13.3 Å². The molecule has 0 aliphatic heterocycles. The summed E-state index contributed by atoms with van der Waals surface area (Å²) in [6.07, 6.45) is 1.26. The number of guanidine groups is 1. The molecule has 166 valence electrons. The van der Waals surface area contributed by atoms with E-state index in [1.54, 1.807) is 7.05 Å². The van der Waals surface area contributed by atoms with E-state index in [9.17, 15) is 12.8 Å². The Morgan fingerprint density at radius 3 is 2.43 bits per heavy atom. The topological polar surface area (TPSA) is 79.8 Å². The SMILES string of the molecule is CN=C(NCc1cccc(OC(C)C)c1)NCc1cc(F)ccc1CS(C)(=O)=O.I. The Labute approximate surface area is 195 Å². The number of nitrogens with one attached hydrogen (secondary N) is 2. The van der Waals surface area contributed by atoms with Gasteiger partial charge in [0.05, 0.1) is 11.9 Å². The molecule has 0 saturated carbocycles. The van der Waals surface area contributed by atoms with Crippen LogP contribution in [0.15, 0.2) is 47.5 Å². The maximum Gasteiger partial charge on any atom is 0.191 e. The van der Waals surface area contributed by atoms with Crippen LogP contribution in [0.1, 0.15) is 30.5 Å². The highest BCUT2D eigenvalue weighted by Crippen LogP contribution is 2.16. The molecule has 2 aromatic carbocycles. The first kappa shape index (κ1) is 26.2. The average molecular weight is 549 g/mol. The van der Waals surface area contributed by atoms with Crippen molar-refractivity contribution in [3.8, 4) is 5.75 Å². The average Bonchev–Trinajstić information content (AvgIpc) is 2.62. The smallest absolute Gasteiger partial charge is 0.191 e. The van der Waals surface area contributed by atoms with E-state index in [0.717, 1.165) is 17.6 Å². The van der Waals surface area contributed by atoms with Gasteiger partial charge in [0.25, 0.3) is 0 Å². The summed E-state index contributed by atoms with van der Waals surface area (Å²) in [6.45, 7) is 4.72. The molecule has 0 amide bonds. The van der Waals surface area contributed by atoms with Crippen molar-refractivity contribution in [2.45, 2.75) is 38.8 Å². The maximum atomic E-state index is 13.6. The largest absolute Gasteiger partial charge is 0.491 e. The summed E-state index contributed by atoms with van der Waals surface area (Å²) in [5, 5.41) is 6.29. The number of nitrogens with zero attached hydrogens (tertiary/aromatic N) is 1. The first-order valence-electron chi connectivity index (χ1n) is 9.31. The van der Waals surface area contributed by atoms with Crippen LogP contribution in [0.3, 0.4) is 0 Å². The van der Waals surface area contributed by atoms with E-state index in [2.05, 4.69) is 15.6 Å². The molecule has 0 saturated heterocycles. The Kier molecular flexibility index (Phi) is 10.5. The van der Waals surface area contributed by atoms with E-state index in [-0.39, 0.29) is 42.4 Å². The van der Waals surface area contributed by atoms with Gasteiger partial charge in [0, 0.05) is 26.4 Å². The predicted molar refractivity (Wildman–Crippen MR) is 130 cm³/mol. The fourth-order valence-electron chi connectivity index (χ4n) is 2.77. The van der Waals surface area contributed by atoms with Crippen LogP contribution in [0.5, 0.6) is 5.75 Å². The maximum absolute atomic E-state index is 13.6. The fraction of sp³-hybridized carbons (Fsp3) is 0.381. The molecule has 0 aliphatic rings. The van der Waals surface area contributed by atoms with E-state index < -0.39 is 15.7 Å². The van der Waals surface area contributed by atoms with Crippen molar-refractivity contribution < 1.29 is 17.5 Å². The lowest BCUT2D eigenvalue weighted by molar-refractivity contribution is 0.242. The zero-order chi connectivity index (χ0) is 21.4. The molecule has 2 aromatic rings. The minimum atomic E-state index is -3.22. The molecule has 6 nitrogen and oxygen atoms in total. The Hall–Kier alpha value is -1.88. The molecule has 30 heavy (non-hydrogen) atoms. The first-order chi connectivity index (χ1) is 13.7. The van der Waals surface area contributed by atoms with Crippen LogP contribution in [0, 0.1) is 5.82 Å². The number of benzene rings is 2. The van der Waals surface area contributed by atoms with E-state index in [1.807, 2.05) is 38.1 Å². The van der Waals surface area contributed by atoms with Crippen LogP contribution in [-0.4, -0.2) is 33.8 Å². The molecule has 0 fully saturated rings. The third-order valence-corrected chi connectivity index (χ3v) is 4.82. The Bertz CT molecular complexity index is 966. The van der Waals surface area contributed by atoms with Crippen molar-refractivity contribution in [1.29, 1.82) is 0 Å². The van der Waals surface area contributed by atoms with Crippen LogP contribution >= 0.6 is 24.0 Å². The molecule has 0 heterocycles. The van der Waals surface area contributed by atoms with Gasteiger partial charge in [0.2, 0.25) is 0 Å². The summed E-state index contributed by atoms with van der Waals surface area (Å²) in [5.74, 6) is 0.769. The summed E-state index contributed by atoms with van der Waals surface area (Å²) in [4.78, 5) is 4.17. The van der Waals surface area contributed by atoms with Gasteiger partial charge in [-0.3, -0.25) is 4.99 Å². The van der Waals surface area contributed by atoms with Gasteiger partial charge in [-0.1, -0.05) is 18.2 Å². The van der Waals surface area contributed by atoms with E-state index >= 15 is 0 Å². The van der Waals surface area contributed by atoms with Crippen LogP contribution in [0.2, 0.25) is 0 Å². The van der Waals surface area contributed by atoms with Crippen molar-refractivity contribution in [3.05, 3.63) is 65.0 Å². The van der Waals surface area contributed by atoms with E-state index in [1.165, 1.54) is 18.2 Å². The Morgan fingerprint density at radius 1 is 1.10 bits per heavy atom. The van der Waals surface area contributed by atoms with Gasteiger partial charge >= 0.3 is 0 Å². The first-order valence-corrected chi connectivity index (χ1v) is 11.4. The number of rotatable bonds is 8. The Morgan fingerprint density at radius 2 is 1.80 bits per heavy atom. The van der Waals surface area contributed by atoms with Gasteiger partial charge in [-0.15, -0.1) is 24.0 Å². The van der Waals surface area contributed by atoms with Gasteiger partial charge in [-0.25, -0.2) is 12.8 Å². The Balaban J connectivity index is 0.00000450. The fourth-order valence-corrected chi connectivity index (χ4v) is 3.62. The monoisotopic (exact) mass is 549 g/mol. The second kappa shape index (κ2) is 12.1. The lowest BCUT2D eigenvalue weighted by atomic mass is 10.1. The molecule has 0 radical (unpaired) electrons. The summed E-state index contributed by atoms with van der Waals surface area (Å²) in [6, 6.07) is 11.9. The molecule has 0 atom stereocenters. The molecule has 9 heteroatoms. The highest BCUT2D eigenvalue weighted by atomic mass is 127. The summed E-state index contributed by atoms with van der Waals surface area (Å²) >= 11 is 0. The third-order valence-electron chi connectivity index (χ3n) is 3.99. The minimum absolute atomic E-state index is 0. The standard InChI is InChI=1S/C21H28FN3O3S.HI/c1-15(2)28-20-7-5-6-16(10-20)12-24-21(23-3)25-13-18-11-19(22)9-8-17(18)14-29(4,26)27;/h5-11,15H,12-14H2,1-4H3,(H2,23,24,25);1H. The molecule has 0 aliphatic carbocycles. The highest BCUT2D eigenvalue weighted by Gasteiger charge is 2.11. The number of halogens is 2. The normalized spacial score (nSPS) is 11.7. The summed E-state index contributed by atoms with van der Waals surface area (Å²) in [5.41, 5.74) is 2.16. The number of hydrogen-bond acceptors (Lipinski definition) is 4. The van der Waals surface area contributed by atoms with Crippen molar-refractivity contribution in [2.24, 2.45) is 4.99 Å². The van der Waals surface area contributed by atoms with Gasteiger partial charge in [0.1, 0.15) is 11.6 Å². The molecule has 0 unspecified atom stereocenters. The molecule has 2 rings (SSSR count). The zero-order valence-corrected chi connectivity index (χ0v) is 20.8. The van der Waals surface area contributed by atoms with Crippen LogP contribution < -0.4 is 15.4 Å². The summed E-state index contributed by atoms with van der Waals surface area (Å²) in [7, 11) is -1.59. The van der Waals surface area contributed by atoms with Crippen LogP contribution in [0.4, 0.5) is 4.39 Å². The number of hydrogen-bond donors (Lipinski definition) is 2. The molecular formula is C21H29FIN3O3S. The van der Waals surface area contributed by atoms with Gasteiger partial charge < -0.3 is 15.4 Å².